The number of rotatable bonds is 1. The maximum Gasteiger partial charge on any atom is 0.412 e. The van der Waals surface area contributed by atoms with Crippen LogP contribution in [0.4, 0.5) is 14.9 Å². The van der Waals surface area contributed by atoms with E-state index in [0.29, 0.717) is 0 Å². The summed E-state index contributed by atoms with van der Waals surface area (Å²) in [6.07, 6.45) is -0.759. The molecule has 1 amide bonds. The first-order chi connectivity index (χ1) is 8.78. The predicted molar refractivity (Wildman–Crippen MR) is 68.3 cm³/mol. The summed E-state index contributed by atoms with van der Waals surface area (Å²) in [6, 6.07) is 1.29. The van der Waals surface area contributed by atoms with E-state index in [1.54, 1.807) is 20.8 Å². The molecule has 0 unspecified atom stereocenters. The third-order valence-corrected chi connectivity index (χ3v) is 2.77. The third kappa shape index (κ3) is 3.07. The first kappa shape index (κ1) is 13.9. The Balaban J connectivity index is 2.22. The number of halogens is 2. The van der Waals surface area contributed by atoms with Crippen LogP contribution in [0.25, 0.3) is 0 Å². The molecule has 0 aliphatic carbocycles. The number of ether oxygens (including phenoxy) is 1. The highest BCUT2D eigenvalue weighted by Crippen LogP contribution is 2.42. The molecule has 0 fully saturated rings. The zero-order chi connectivity index (χ0) is 14.2. The van der Waals surface area contributed by atoms with E-state index in [4.69, 9.17) is 14.4 Å². The number of hydrogen-bond acceptors (Lipinski definition) is 5. The SMILES string of the molecule is CC(C)(C)OC(=O)Nc1cc2c(c(Br)c1F)ONO2. The summed E-state index contributed by atoms with van der Waals surface area (Å²) in [5, 5.41) is 2.31. The van der Waals surface area contributed by atoms with E-state index in [2.05, 4.69) is 26.9 Å². The van der Waals surface area contributed by atoms with Crippen molar-refractivity contribution >= 4 is 27.7 Å². The van der Waals surface area contributed by atoms with E-state index in [9.17, 15) is 9.18 Å². The fourth-order valence-electron chi connectivity index (χ4n) is 1.37. The molecule has 0 radical (unpaired) electrons. The highest BCUT2D eigenvalue weighted by Gasteiger charge is 2.26. The van der Waals surface area contributed by atoms with Gasteiger partial charge in [-0.15, -0.1) is 0 Å². The lowest BCUT2D eigenvalue weighted by Crippen LogP contribution is -2.27. The van der Waals surface area contributed by atoms with Crippen molar-refractivity contribution in [3.05, 3.63) is 16.4 Å². The lowest BCUT2D eigenvalue weighted by atomic mass is 10.2. The first-order valence-electron chi connectivity index (χ1n) is 5.38. The van der Waals surface area contributed by atoms with E-state index >= 15 is 0 Å². The van der Waals surface area contributed by atoms with Crippen molar-refractivity contribution < 1.29 is 23.6 Å². The zero-order valence-corrected chi connectivity index (χ0v) is 12.1. The Morgan fingerprint density at radius 2 is 2.16 bits per heavy atom. The lowest BCUT2D eigenvalue weighted by molar-refractivity contribution is 0.0255. The Bertz CT molecular complexity index is 530. The molecule has 8 heteroatoms. The van der Waals surface area contributed by atoms with Crippen LogP contribution in [0, 0.1) is 5.82 Å². The van der Waals surface area contributed by atoms with Gasteiger partial charge in [-0.3, -0.25) is 5.32 Å². The van der Waals surface area contributed by atoms with Crippen molar-refractivity contribution in [1.29, 1.82) is 0 Å². The lowest BCUT2D eigenvalue weighted by Gasteiger charge is -2.20. The Hall–Kier alpha value is -1.54. The number of anilines is 1. The minimum Gasteiger partial charge on any atom is -0.444 e. The second kappa shape index (κ2) is 4.86. The van der Waals surface area contributed by atoms with E-state index in [1.165, 1.54) is 6.07 Å². The summed E-state index contributed by atoms with van der Waals surface area (Å²) in [4.78, 5) is 21.3. The maximum absolute atomic E-state index is 14.0. The Labute approximate surface area is 117 Å². The smallest absolute Gasteiger partial charge is 0.412 e. The van der Waals surface area contributed by atoms with Crippen LogP contribution in [0.5, 0.6) is 11.5 Å². The van der Waals surface area contributed by atoms with Crippen molar-refractivity contribution in [1.82, 2.24) is 5.64 Å². The number of carbonyl (C=O) groups is 1. The van der Waals surface area contributed by atoms with E-state index in [-0.39, 0.29) is 21.7 Å². The van der Waals surface area contributed by atoms with Crippen molar-refractivity contribution in [2.24, 2.45) is 0 Å². The van der Waals surface area contributed by atoms with Crippen LogP contribution >= 0.6 is 15.9 Å². The molecule has 2 N–H and O–H groups in total. The molecule has 0 atom stereocenters. The zero-order valence-electron chi connectivity index (χ0n) is 10.5. The molecule has 0 saturated carbocycles. The number of fused-ring (bicyclic) bond motifs is 1. The van der Waals surface area contributed by atoms with Gasteiger partial charge < -0.3 is 14.4 Å². The van der Waals surface area contributed by atoms with Crippen LogP contribution in [-0.2, 0) is 4.74 Å². The molecule has 6 nitrogen and oxygen atoms in total. The van der Waals surface area contributed by atoms with Gasteiger partial charge in [-0.05, 0) is 36.7 Å². The molecular weight excluding hydrogens is 323 g/mol. The minimum absolute atomic E-state index is 0.0426. The monoisotopic (exact) mass is 334 g/mol. The van der Waals surface area contributed by atoms with E-state index < -0.39 is 17.5 Å². The Morgan fingerprint density at radius 1 is 1.47 bits per heavy atom. The van der Waals surface area contributed by atoms with Gasteiger partial charge in [0, 0.05) is 11.7 Å². The normalized spacial score (nSPS) is 13.3. The molecule has 1 aliphatic rings. The van der Waals surface area contributed by atoms with Gasteiger partial charge in [0.05, 0.1) is 5.69 Å². The molecule has 2 rings (SSSR count). The average Bonchev–Trinajstić information content (AvgIpc) is 2.71. The molecule has 0 aromatic heterocycles. The Kier molecular flexibility index (Phi) is 3.55. The van der Waals surface area contributed by atoms with Crippen molar-refractivity contribution in [2.75, 3.05) is 5.32 Å². The van der Waals surface area contributed by atoms with Crippen LogP contribution in [0.2, 0.25) is 0 Å². The molecule has 0 saturated heterocycles. The van der Waals surface area contributed by atoms with Gasteiger partial charge in [-0.25, -0.2) is 9.18 Å². The van der Waals surface area contributed by atoms with Crippen molar-refractivity contribution in [3.8, 4) is 11.5 Å². The number of amides is 1. The molecule has 1 heterocycles. The quantitative estimate of drug-likeness (QED) is 0.825. The summed E-state index contributed by atoms with van der Waals surface area (Å²) in [5.74, 6) is -0.261. The topological polar surface area (TPSA) is 68.8 Å². The second-order valence-electron chi connectivity index (χ2n) is 4.79. The molecule has 1 aromatic rings. The predicted octanol–water partition coefficient (Wildman–Crippen LogP) is 3.13. The van der Waals surface area contributed by atoms with Gasteiger partial charge in [0.15, 0.2) is 11.6 Å². The second-order valence-corrected chi connectivity index (χ2v) is 5.59. The number of benzene rings is 1. The third-order valence-electron chi connectivity index (χ3n) is 2.06. The number of nitrogens with one attached hydrogen (secondary N) is 2. The highest BCUT2D eigenvalue weighted by atomic mass is 79.9. The van der Waals surface area contributed by atoms with Gasteiger partial charge in [-0.2, -0.15) is 0 Å². The Morgan fingerprint density at radius 3 is 2.79 bits per heavy atom. The van der Waals surface area contributed by atoms with Crippen LogP contribution in [0.15, 0.2) is 10.5 Å². The van der Waals surface area contributed by atoms with Gasteiger partial charge in [0.1, 0.15) is 10.1 Å². The maximum atomic E-state index is 14.0. The molecular formula is C11H12BrFN2O4. The van der Waals surface area contributed by atoms with Gasteiger partial charge >= 0.3 is 6.09 Å². The molecule has 104 valence electrons. The van der Waals surface area contributed by atoms with Crippen LogP contribution < -0.4 is 20.6 Å². The molecule has 19 heavy (non-hydrogen) atoms. The largest absolute Gasteiger partial charge is 0.444 e. The summed E-state index contributed by atoms with van der Waals surface area (Å²) < 4.78 is 19.0. The molecule has 1 aromatic carbocycles. The number of carbonyl (C=O) groups excluding carboxylic acids is 1. The van der Waals surface area contributed by atoms with Gasteiger partial charge in [0.2, 0.25) is 5.75 Å². The molecule has 0 bridgehead atoms. The fraction of sp³-hybridized carbons (Fsp3) is 0.364. The van der Waals surface area contributed by atoms with Crippen LogP contribution in [-0.4, -0.2) is 11.7 Å². The molecule has 1 aliphatic heterocycles. The summed E-state index contributed by atoms with van der Waals surface area (Å²) >= 11 is 3.02. The van der Waals surface area contributed by atoms with Crippen LogP contribution in [0.3, 0.4) is 0 Å². The average molecular weight is 335 g/mol. The summed E-state index contributed by atoms with van der Waals surface area (Å²) in [6.45, 7) is 5.13. The van der Waals surface area contributed by atoms with Gasteiger partial charge in [0.25, 0.3) is 0 Å². The standard InChI is InChI=1S/C11H12BrFN2O4/c1-11(2,3)17-10(16)14-5-4-6-9(19-15-18-6)7(12)8(5)13/h4,15H,1-3H3,(H,14,16). The van der Waals surface area contributed by atoms with Crippen molar-refractivity contribution in [2.45, 2.75) is 26.4 Å². The summed E-state index contributed by atoms with van der Waals surface area (Å²) in [5.41, 5.74) is 1.39. The first-order valence-corrected chi connectivity index (χ1v) is 6.18. The summed E-state index contributed by atoms with van der Waals surface area (Å²) in [7, 11) is 0. The molecule has 0 spiro atoms. The van der Waals surface area contributed by atoms with E-state index in [1.807, 2.05) is 0 Å². The van der Waals surface area contributed by atoms with Crippen LogP contribution in [0.1, 0.15) is 20.8 Å². The van der Waals surface area contributed by atoms with Gasteiger partial charge in [-0.1, -0.05) is 0 Å². The van der Waals surface area contributed by atoms with Crippen molar-refractivity contribution in [3.63, 3.8) is 0 Å². The minimum atomic E-state index is -0.759. The number of hydrogen-bond donors (Lipinski definition) is 2. The fourth-order valence-corrected chi connectivity index (χ4v) is 1.86. The highest BCUT2D eigenvalue weighted by molar-refractivity contribution is 9.10. The van der Waals surface area contributed by atoms with E-state index in [0.717, 1.165) is 0 Å².